The first-order valence-corrected chi connectivity index (χ1v) is 35.5. The number of hydrogen-bond donors (Lipinski definition) is 2. The number of phenolic OH excluding ortho intramolecular Hbond substituents is 2. The molecule has 4 nitrogen and oxygen atoms in total. The first-order chi connectivity index (χ1) is 46.1. The number of phenols is 2. The highest BCUT2D eigenvalue weighted by Gasteiger charge is 2.33. The van der Waals surface area contributed by atoms with E-state index in [9.17, 15) is 10.2 Å². The molecule has 0 saturated carbocycles. The maximum atomic E-state index is 16.2. The number of aromatic hydroxyl groups is 2. The Kier molecular flexibility index (Phi) is 20.5. The molecule has 10 rings (SSSR count). The molecular weight excluding hydrogens is 1220 g/mol. The molecule has 0 spiro atoms. The van der Waals surface area contributed by atoms with Gasteiger partial charge in [0, 0.05) is 39.8 Å². The molecule has 0 bridgehead atoms. The number of aryl methyl sites for hydroxylation is 12. The molecule has 2 atom stereocenters. The molecular formula is C93H106F2O4. The Morgan fingerprint density at radius 3 is 0.808 bits per heavy atom. The summed E-state index contributed by atoms with van der Waals surface area (Å²) >= 11 is 0. The van der Waals surface area contributed by atoms with Crippen molar-refractivity contribution in [2.24, 2.45) is 10.8 Å². The summed E-state index contributed by atoms with van der Waals surface area (Å²) < 4.78 is 46.3. The van der Waals surface area contributed by atoms with Crippen molar-refractivity contribution >= 4 is 0 Å². The fourth-order valence-corrected chi connectivity index (χ4v) is 17.1. The second-order valence-corrected chi connectivity index (χ2v) is 33.1. The maximum Gasteiger partial charge on any atom is 0.131 e. The summed E-state index contributed by atoms with van der Waals surface area (Å²) in [4.78, 5) is 0. The fraction of sp³-hybridized carbons (Fsp3) is 0.355. The lowest BCUT2D eigenvalue weighted by molar-refractivity contribution is 0.131. The van der Waals surface area contributed by atoms with E-state index in [-0.39, 0.29) is 22.3 Å². The molecule has 0 saturated heterocycles. The molecule has 0 aliphatic carbocycles. The summed E-state index contributed by atoms with van der Waals surface area (Å²) in [5, 5.41) is 26.4. The predicted octanol–water partition coefficient (Wildman–Crippen LogP) is 26.5. The second-order valence-electron chi connectivity index (χ2n) is 33.1. The van der Waals surface area contributed by atoms with Gasteiger partial charge in [-0.1, -0.05) is 140 Å². The molecule has 10 aromatic carbocycles. The highest BCUT2D eigenvalue weighted by molar-refractivity contribution is 5.93. The monoisotopic (exact) mass is 1320 g/mol. The van der Waals surface area contributed by atoms with E-state index < -0.39 is 34.7 Å². The van der Waals surface area contributed by atoms with Crippen LogP contribution in [-0.2, 0) is 10.8 Å². The van der Waals surface area contributed by atoms with Gasteiger partial charge in [-0.2, -0.15) is 0 Å². The molecule has 0 unspecified atom stereocenters. The van der Waals surface area contributed by atoms with Gasteiger partial charge in [-0.15, -0.1) is 0 Å². The SMILES string of the molecule is Cc1cc(C)c(-c2cc(-c3cc(C(C)(C)CC(C)(C)C)cc(-c4cc(F)ccc4O[C@H](C)C[C@H](C)Oc4ccc(F)cc4-c4cc(C(C)(C)CC(C)(C)C)cc(-c5cc(-c6c(C)cc(C)cc6C)cc(-c6c(C)cc(C)cc6C)c5)c4O)c3O)cc(-c3c(C)cc(C)cc3C)c2)c(C)c1. The normalized spacial score (nSPS) is 12.9. The Morgan fingerprint density at radius 2 is 0.556 bits per heavy atom. The van der Waals surface area contributed by atoms with E-state index in [2.05, 4.69) is 249 Å². The van der Waals surface area contributed by atoms with Crippen LogP contribution < -0.4 is 9.47 Å². The average Bonchev–Trinajstić information content (AvgIpc) is 0.759. The van der Waals surface area contributed by atoms with Gasteiger partial charge in [-0.05, 0) is 340 Å². The van der Waals surface area contributed by atoms with Crippen LogP contribution in [-0.4, -0.2) is 22.4 Å². The van der Waals surface area contributed by atoms with E-state index in [1.165, 1.54) is 91.0 Å². The van der Waals surface area contributed by atoms with Crippen molar-refractivity contribution in [2.75, 3.05) is 0 Å². The van der Waals surface area contributed by atoms with Crippen molar-refractivity contribution < 1.29 is 28.5 Å². The average molecular weight is 1330 g/mol. The van der Waals surface area contributed by atoms with Gasteiger partial charge in [0.15, 0.2) is 0 Å². The Bertz CT molecular complexity index is 4220. The number of halogens is 2. The molecule has 0 radical (unpaired) electrons. The predicted molar refractivity (Wildman–Crippen MR) is 415 cm³/mol. The summed E-state index contributed by atoms with van der Waals surface area (Å²) in [6.07, 6.45) is 0.986. The number of ether oxygens (including phenoxy) is 2. The molecule has 516 valence electrons. The number of benzene rings is 10. The molecule has 0 aliphatic rings. The largest absolute Gasteiger partial charge is 0.507 e. The van der Waals surface area contributed by atoms with Crippen molar-refractivity contribution in [1.82, 2.24) is 0 Å². The number of hydrogen-bond acceptors (Lipinski definition) is 4. The van der Waals surface area contributed by atoms with Crippen LogP contribution in [0.5, 0.6) is 23.0 Å². The molecule has 0 aromatic heterocycles. The summed E-state index contributed by atoms with van der Waals surface area (Å²) in [7, 11) is 0. The zero-order valence-corrected chi connectivity index (χ0v) is 63.6. The van der Waals surface area contributed by atoms with Gasteiger partial charge in [0.2, 0.25) is 0 Å². The zero-order chi connectivity index (χ0) is 72.4. The van der Waals surface area contributed by atoms with E-state index in [0.29, 0.717) is 51.3 Å². The minimum atomic E-state index is -0.513. The Morgan fingerprint density at radius 1 is 0.313 bits per heavy atom. The van der Waals surface area contributed by atoms with E-state index in [1.807, 2.05) is 26.0 Å². The molecule has 0 amide bonds. The highest BCUT2D eigenvalue weighted by atomic mass is 19.1. The van der Waals surface area contributed by atoms with Crippen LogP contribution in [0.25, 0.3) is 89.0 Å². The molecule has 6 heteroatoms. The van der Waals surface area contributed by atoms with Crippen LogP contribution in [0, 0.1) is 106 Å². The van der Waals surface area contributed by atoms with Gasteiger partial charge in [-0.3, -0.25) is 0 Å². The number of rotatable bonds is 18. The lowest BCUT2D eigenvalue weighted by Gasteiger charge is -2.34. The summed E-state index contributed by atoms with van der Waals surface area (Å²) in [6, 6.07) is 48.6. The van der Waals surface area contributed by atoms with Crippen molar-refractivity contribution in [3.8, 4) is 112 Å². The van der Waals surface area contributed by atoms with E-state index in [4.69, 9.17) is 9.47 Å². The van der Waals surface area contributed by atoms with Crippen LogP contribution >= 0.6 is 0 Å². The molecule has 10 aromatic rings. The maximum absolute atomic E-state index is 16.2. The van der Waals surface area contributed by atoms with E-state index in [1.54, 1.807) is 12.1 Å². The van der Waals surface area contributed by atoms with Gasteiger partial charge in [-0.25, -0.2) is 8.78 Å². The standard InChI is InChI=1S/C93H106F2O4/c1-52-29-56(5)84(57(6)30-52)68-38-66(39-69(42-68)85-58(7)31-53(2)32-59(85)8)76-44-72(92(21,22)50-90(15,16)17)46-80(88(76)96)78-48-74(94)25-27-82(78)98-64(13)37-65(14)99-83-28-26-75(95)49-79(83)81-47-73(93(23,24)51-91(18,19)20)45-77(89(81)97)67-40-70(86-60(9)33-54(3)34-61(86)10)43-71(41-67)87-62(11)35-55(4)36-63(87)12/h25-36,38-49,64-65,96-97H,37,50-51H2,1-24H3/t64-,65+. The third-order valence-corrected chi connectivity index (χ3v) is 19.9. The van der Waals surface area contributed by atoms with Crippen molar-refractivity contribution in [3.63, 3.8) is 0 Å². The third kappa shape index (κ3) is 16.1. The zero-order valence-electron chi connectivity index (χ0n) is 63.6. The summed E-state index contributed by atoms with van der Waals surface area (Å²) in [6.45, 7) is 52.3. The second kappa shape index (κ2) is 27.8. The molecule has 0 heterocycles. The first kappa shape index (κ1) is 73.0. The molecule has 99 heavy (non-hydrogen) atoms. The van der Waals surface area contributed by atoms with Crippen LogP contribution in [0.2, 0.25) is 0 Å². The first-order valence-electron chi connectivity index (χ1n) is 35.5. The molecule has 0 aliphatic heterocycles. The van der Waals surface area contributed by atoms with Crippen LogP contribution in [0.15, 0.2) is 146 Å². The van der Waals surface area contributed by atoms with E-state index >= 15 is 8.78 Å². The van der Waals surface area contributed by atoms with Crippen molar-refractivity contribution in [2.45, 2.75) is 208 Å². The van der Waals surface area contributed by atoms with Crippen LogP contribution in [0.1, 0.15) is 180 Å². The Labute approximate surface area is 591 Å². The van der Waals surface area contributed by atoms with Crippen LogP contribution in [0.3, 0.4) is 0 Å². The quantitative estimate of drug-likeness (QED) is 0.0899. The Hall–Kier alpha value is -8.74. The van der Waals surface area contributed by atoms with Crippen molar-refractivity contribution in [1.29, 1.82) is 0 Å². The minimum absolute atomic E-state index is 0.0186. The smallest absolute Gasteiger partial charge is 0.131 e. The van der Waals surface area contributed by atoms with Crippen LogP contribution in [0.4, 0.5) is 8.78 Å². The highest BCUT2D eigenvalue weighted by Crippen LogP contribution is 2.52. The minimum Gasteiger partial charge on any atom is -0.507 e. The van der Waals surface area contributed by atoms with E-state index in [0.717, 1.165) is 79.6 Å². The lowest BCUT2D eigenvalue weighted by Crippen LogP contribution is -2.25. The third-order valence-electron chi connectivity index (χ3n) is 19.9. The summed E-state index contributed by atoms with van der Waals surface area (Å²) in [5.41, 5.74) is 28.7. The van der Waals surface area contributed by atoms with Crippen molar-refractivity contribution in [3.05, 3.63) is 235 Å². The van der Waals surface area contributed by atoms with Gasteiger partial charge in [0.05, 0.1) is 12.2 Å². The lowest BCUT2D eigenvalue weighted by atomic mass is 9.71. The topological polar surface area (TPSA) is 58.9 Å². The molecule has 2 N–H and O–H groups in total. The summed E-state index contributed by atoms with van der Waals surface area (Å²) in [5.74, 6) is -0.100. The van der Waals surface area contributed by atoms with Gasteiger partial charge in [0.25, 0.3) is 0 Å². The fourth-order valence-electron chi connectivity index (χ4n) is 17.1. The Balaban J connectivity index is 1.07. The molecule has 0 fully saturated rings. The van der Waals surface area contributed by atoms with Gasteiger partial charge >= 0.3 is 0 Å². The van der Waals surface area contributed by atoms with Gasteiger partial charge in [0.1, 0.15) is 34.6 Å². The van der Waals surface area contributed by atoms with Gasteiger partial charge < -0.3 is 19.7 Å².